The van der Waals surface area contributed by atoms with Crippen molar-refractivity contribution in [2.45, 2.75) is 38.1 Å². The van der Waals surface area contributed by atoms with Gasteiger partial charge in [0.2, 0.25) is 10.9 Å². The molecular weight excluding hydrogens is 560 g/mol. The Morgan fingerprint density at radius 1 is 0.750 bits per heavy atom. The van der Waals surface area contributed by atoms with E-state index >= 15 is 0 Å². The number of anilines is 1. The lowest BCUT2D eigenvalue weighted by Crippen LogP contribution is -2.38. The Morgan fingerprint density at radius 3 is 1.82 bits per heavy atom. The third kappa shape index (κ3) is 9.42. The van der Waals surface area contributed by atoms with Crippen LogP contribution in [0.5, 0.6) is 11.5 Å². The standard InChI is InChI=1S/C33H39N6O5/c1-39(2)33-35-18-27(19-36-33)31(43-21-25-10-14-28(40-3)15-11-25)32(44-22-26-12-16-29(41-4)17-13-26)30(37-38-34)23-42-20-24-8-6-5-7-9-24/h5-19,30-32,34H,20-23H2,1-4H3/q+1/t30-,31+,32-/m0/s1. The first kappa shape index (κ1) is 32.2. The quantitative estimate of drug-likeness (QED) is 0.124. The second-order valence-corrected chi connectivity index (χ2v) is 10.2. The highest BCUT2D eigenvalue weighted by molar-refractivity contribution is 5.29. The van der Waals surface area contributed by atoms with Gasteiger partial charge in [0.05, 0.1) is 40.6 Å². The summed E-state index contributed by atoms with van der Waals surface area (Å²) in [5.41, 5.74) is 11.2. The first-order valence-corrected chi connectivity index (χ1v) is 14.2. The molecule has 3 atom stereocenters. The van der Waals surface area contributed by atoms with Crippen molar-refractivity contribution < 1.29 is 23.7 Å². The maximum Gasteiger partial charge on any atom is 0.224 e. The zero-order valence-corrected chi connectivity index (χ0v) is 25.5. The zero-order valence-electron chi connectivity index (χ0n) is 25.5. The van der Waals surface area contributed by atoms with Gasteiger partial charge in [0, 0.05) is 32.1 Å². The van der Waals surface area contributed by atoms with Crippen LogP contribution in [0.15, 0.2) is 96.4 Å². The van der Waals surface area contributed by atoms with Crippen LogP contribution >= 0.6 is 0 Å². The maximum absolute atomic E-state index is 7.61. The van der Waals surface area contributed by atoms with Crippen LogP contribution < -0.4 is 19.3 Å². The molecule has 0 bridgehead atoms. The van der Waals surface area contributed by atoms with Gasteiger partial charge in [0.15, 0.2) is 6.04 Å². The molecule has 0 saturated carbocycles. The number of nitrogens with zero attached hydrogens (tertiary/aromatic N) is 5. The van der Waals surface area contributed by atoms with Gasteiger partial charge in [-0.25, -0.2) is 9.97 Å². The molecule has 3 aromatic carbocycles. The van der Waals surface area contributed by atoms with Gasteiger partial charge in [0.25, 0.3) is 0 Å². The Morgan fingerprint density at radius 2 is 1.30 bits per heavy atom. The number of nitrogens with one attached hydrogen (secondary N) is 1. The number of rotatable bonds is 17. The van der Waals surface area contributed by atoms with Crippen molar-refractivity contribution in [2.75, 3.05) is 39.8 Å². The molecule has 4 rings (SSSR count). The molecule has 0 spiro atoms. The fraction of sp³-hybridized carbons (Fsp3) is 0.333. The van der Waals surface area contributed by atoms with Crippen molar-refractivity contribution in [2.24, 2.45) is 5.11 Å². The van der Waals surface area contributed by atoms with Crippen LogP contribution in [0.1, 0.15) is 28.4 Å². The van der Waals surface area contributed by atoms with E-state index in [1.807, 2.05) is 97.9 Å². The second kappa shape index (κ2) is 16.8. The molecule has 11 heteroatoms. The average molecular weight is 600 g/mol. The normalized spacial score (nSPS) is 12.9. The molecule has 1 heterocycles. The van der Waals surface area contributed by atoms with Gasteiger partial charge < -0.3 is 28.6 Å². The lowest BCUT2D eigenvalue weighted by atomic mass is 10.0. The summed E-state index contributed by atoms with van der Waals surface area (Å²) in [5.74, 6) is 2.07. The summed E-state index contributed by atoms with van der Waals surface area (Å²) in [4.78, 5) is 14.3. The Hall–Kier alpha value is -4.67. The molecule has 0 amide bonds. The SMILES string of the molecule is COc1ccc(CO[C@@H]([C@H](COCc2ccccc2)N=[N+]=N)[C@H](OCc2ccc(OC)cc2)c2cnc(N(C)C)nc2)cc1. The zero-order chi connectivity index (χ0) is 31.1. The highest BCUT2D eigenvalue weighted by atomic mass is 16.5. The Bertz CT molecular complexity index is 1450. The predicted molar refractivity (Wildman–Crippen MR) is 166 cm³/mol. The van der Waals surface area contributed by atoms with E-state index in [-0.39, 0.29) is 19.8 Å². The van der Waals surface area contributed by atoms with Gasteiger partial charge in [-0.3, -0.25) is 0 Å². The summed E-state index contributed by atoms with van der Waals surface area (Å²) >= 11 is 0. The fourth-order valence-electron chi connectivity index (χ4n) is 4.45. The first-order chi connectivity index (χ1) is 21.5. The van der Waals surface area contributed by atoms with Crippen LogP contribution in [-0.2, 0) is 34.0 Å². The van der Waals surface area contributed by atoms with Crippen molar-refractivity contribution in [1.82, 2.24) is 14.9 Å². The van der Waals surface area contributed by atoms with Gasteiger partial charge in [0.1, 0.15) is 34.4 Å². The molecule has 0 radical (unpaired) electrons. The number of methoxy groups -OCH3 is 2. The van der Waals surface area contributed by atoms with Crippen molar-refractivity contribution in [1.29, 1.82) is 5.53 Å². The summed E-state index contributed by atoms with van der Waals surface area (Å²) in [5, 5.41) is 4.24. The van der Waals surface area contributed by atoms with Crippen LogP contribution in [0.3, 0.4) is 0 Å². The first-order valence-electron chi connectivity index (χ1n) is 14.2. The van der Waals surface area contributed by atoms with E-state index in [0.717, 1.165) is 28.2 Å². The molecule has 230 valence electrons. The third-order valence-electron chi connectivity index (χ3n) is 6.86. The molecule has 0 saturated heterocycles. The molecule has 44 heavy (non-hydrogen) atoms. The summed E-state index contributed by atoms with van der Waals surface area (Å²) in [6.07, 6.45) is 2.06. The molecule has 1 aromatic heterocycles. The number of ether oxygens (including phenoxy) is 5. The van der Waals surface area contributed by atoms with Crippen LogP contribution in [0.4, 0.5) is 5.95 Å². The lowest BCUT2D eigenvalue weighted by Gasteiger charge is -2.30. The van der Waals surface area contributed by atoms with Gasteiger partial charge >= 0.3 is 0 Å². The number of hydrogen-bond donors (Lipinski definition) is 1. The van der Waals surface area contributed by atoms with Crippen molar-refractivity contribution in [3.05, 3.63) is 114 Å². The highest BCUT2D eigenvalue weighted by Crippen LogP contribution is 2.30. The van der Waals surface area contributed by atoms with Gasteiger partial charge in [-0.2, -0.15) is 0 Å². The van der Waals surface area contributed by atoms with E-state index in [2.05, 4.69) is 20.0 Å². The monoisotopic (exact) mass is 599 g/mol. The summed E-state index contributed by atoms with van der Waals surface area (Å²) in [7, 11) is 7.01. The molecule has 1 N–H and O–H groups in total. The van der Waals surface area contributed by atoms with Crippen LogP contribution in [0.2, 0.25) is 0 Å². The molecule has 11 nitrogen and oxygen atoms in total. The van der Waals surface area contributed by atoms with E-state index in [0.29, 0.717) is 18.1 Å². The number of aromatic nitrogens is 2. The molecular formula is C33H39N6O5+. The fourth-order valence-corrected chi connectivity index (χ4v) is 4.45. The third-order valence-corrected chi connectivity index (χ3v) is 6.86. The largest absolute Gasteiger partial charge is 0.497 e. The van der Waals surface area contributed by atoms with Crippen LogP contribution in [0, 0.1) is 5.53 Å². The Kier molecular flexibility index (Phi) is 12.3. The highest BCUT2D eigenvalue weighted by Gasteiger charge is 2.37. The van der Waals surface area contributed by atoms with E-state index in [1.54, 1.807) is 26.6 Å². The van der Waals surface area contributed by atoms with Gasteiger partial charge in [-0.1, -0.05) is 54.6 Å². The van der Waals surface area contributed by atoms with Crippen LogP contribution in [0.25, 0.3) is 0 Å². The minimum absolute atomic E-state index is 0.142. The average Bonchev–Trinajstić information content (AvgIpc) is 3.07. The molecule has 0 unspecified atom stereocenters. The molecule has 0 aliphatic carbocycles. The lowest BCUT2D eigenvalue weighted by molar-refractivity contribution is -0.108. The van der Waals surface area contributed by atoms with E-state index in [9.17, 15) is 0 Å². The maximum atomic E-state index is 7.61. The minimum atomic E-state index is -0.714. The number of hydrogen-bond acceptors (Lipinski definition) is 10. The van der Waals surface area contributed by atoms with E-state index in [1.165, 1.54) is 0 Å². The van der Waals surface area contributed by atoms with Crippen molar-refractivity contribution in [3.8, 4) is 11.5 Å². The topological polar surface area (TPSA) is 125 Å². The van der Waals surface area contributed by atoms with Gasteiger partial charge in [-0.05, 0) is 41.0 Å². The van der Waals surface area contributed by atoms with Crippen molar-refractivity contribution in [3.63, 3.8) is 0 Å². The number of benzene rings is 3. The second-order valence-electron chi connectivity index (χ2n) is 10.2. The predicted octanol–water partition coefficient (Wildman–Crippen LogP) is 5.54. The van der Waals surface area contributed by atoms with Gasteiger partial charge in [-0.15, -0.1) is 0 Å². The van der Waals surface area contributed by atoms with E-state index < -0.39 is 18.2 Å². The molecule has 0 aliphatic rings. The molecule has 0 fully saturated rings. The Balaban J connectivity index is 1.65. The molecule has 0 aliphatic heterocycles. The summed E-state index contributed by atoms with van der Waals surface area (Å²) < 4.78 is 29.8. The summed E-state index contributed by atoms with van der Waals surface area (Å²) in [6.45, 7) is 1.02. The smallest absolute Gasteiger partial charge is 0.224 e. The van der Waals surface area contributed by atoms with Crippen molar-refractivity contribution >= 4 is 5.95 Å². The van der Waals surface area contributed by atoms with Crippen LogP contribution in [-0.4, -0.2) is 57.0 Å². The minimum Gasteiger partial charge on any atom is -0.497 e. The summed E-state index contributed by atoms with van der Waals surface area (Å²) in [6, 6.07) is 24.5. The Labute approximate surface area is 258 Å². The molecule has 4 aromatic rings. The van der Waals surface area contributed by atoms with E-state index in [4.69, 9.17) is 29.2 Å².